The molecule has 0 bridgehead atoms. The predicted octanol–water partition coefficient (Wildman–Crippen LogP) is 12.1. The largest absolute Gasteiger partial charge is 0.179 e. The van der Waals surface area contributed by atoms with Crippen LogP contribution in [-0.4, -0.2) is 32.3 Å². The number of benzene rings is 15. The van der Waals surface area contributed by atoms with E-state index in [2.05, 4.69) is 451 Å². The summed E-state index contributed by atoms with van der Waals surface area (Å²) < 4.78 is 0. The molecular formula is C94H84Si4. The molecular weight excluding hydrogens is 1240 g/mol. The number of aryl methyl sites for hydroxylation is 3. The molecule has 0 aliphatic carbocycles. The minimum atomic E-state index is -2.72. The van der Waals surface area contributed by atoms with Crippen LogP contribution in [0.5, 0.6) is 0 Å². The van der Waals surface area contributed by atoms with Crippen LogP contribution in [0, 0.1) is 20.8 Å². The molecule has 0 nitrogen and oxygen atoms in total. The Labute approximate surface area is 586 Å². The first-order chi connectivity index (χ1) is 47.9. The highest BCUT2D eigenvalue weighted by Crippen LogP contribution is 2.17. The number of rotatable bonds is 16. The van der Waals surface area contributed by atoms with Gasteiger partial charge in [-0.25, -0.2) is 0 Å². The molecule has 0 atom stereocenters. The quantitative estimate of drug-likeness (QED) is 0.0668. The fourth-order valence-corrected chi connectivity index (χ4v) is 34.7. The second-order valence-corrected chi connectivity index (χ2v) is 40.5. The topological polar surface area (TPSA) is 0 Å². The van der Waals surface area contributed by atoms with Crippen LogP contribution in [-0.2, 0) is 0 Å². The monoisotopic (exact) mass is 1320 g/mol. The van der Waals surface area contributed by atoms with Gasteiger partial charge in [-0.15, -0.1) is 0 Å². The molecule has 15 aromatic rings. The van der Waals surface area contributed by atoms with Crippen LogP contribution in [0.3, 0.4) is 0 Å². The SMILES string of the molecule is C.Cc1cc([Si](c2ccccc2)(c2ccccc2)c2ccccc2)cc([Si](c2ccccc2)(c2ccccc2)c2ccccc2)c1.Cc1ccc([Si](c2ccccc2)(c2ccccc2)c2ccccc2)cc1.Cc1cccc([Si](c2ccccc2)(c2ccccc2)c2ccccc2)c1. The minimum absolute atomic E-state index is 0. The zero-order chi connectivity index (χ0) is 66.2. The Bertz CT molecular complexity index is 4350. The maximum atomic E-state index is 2.60. The Kier molecular flexibility index (Phi) is 21.5. The molecule has 4 heteroatoms. The van der Waals surface area contributed by atoms with Crippen LogP contribution >= 0.6 is 0 Å². The van der Waals surface area contributed by atoms with Gasteiger partial charge in [0.25, 0.3) is 0 Å². The van der Waals surface area contributed by atoms with Gasteiger partial charge in [0.1, 0.15) is 0 Å². The highest BCUT2D eigenvalue weighted by molar-refractivity contribution is 7.22. The van der Waals surface area contributed by atoms with Crippen molar-refractivity contribution in [1.29, 1.82) is 0 Å². The zero-order valence-electron chi connectivity index (χ0n) is 55.5. The number of hydrogen-bond donors (Lipinski definition) is 0. The van der Waals surface area contributed by atoms with E-state index in [0.717, 1.165) is 0 Å². The molecule has 98 heavy (non-hydrogen) atoms. The van der Waals surface area contributed by atoms with Crippen molar-refractivity contribution in [2.75, 3.05) is 0 Å². The molecule has 476 valence electrons. The third-order valence-corrected chi connectivity index (χ3v) is 38.4. The Morgan fingerprint density at radius 3 is 0.490 bits per heavy atom. The van der Waals surface area contributed by atoms with Crippen molar-refractivity contribution in [3.05, 3.63) is 447 Å². The van der Waals surface area contributed by atoms with Crippen LogP contribution in [0.15, 0.2) is 431 Å². The van der Waals surface area contributed by atoms with E-state index < -0.39 is 32.3 Å². The highest BCUT2D eigenvalue weighted by atomic mass is 28.3. The van der Waals surface area contributed by atoms with Crippen LogP contribution < -0.4 is 83.0 Å². The van der Waals surface area contributed by atoms with E-state index in [1.165, 1.54) is 99.7 Å². The molecule has 0 saturated heterocycles. The fourth-order valence-electron chi connectivity index (χ4n) is 15.2. The van der Waals surface area contributed by atoms with Crippen LogP contribution in [0.1, 0.15) is 24.1 Å². The second-order valence-electron chi connectivity index (χ2n) is 25.2. The Morgan fingerprint density at radius 2 is 0.286 bits per heavy atom. The normalized spacial score (nSPS) is 11.3. The molecule has 0 radical (unpaired) electrons. The van der Waals surface area contributed by atoms with Gasteiger partial charge >= 0.3 is 0 Å². The van der Waals surface area contributed by atoms with Gasteiger partial charge in [-0.1, -0.05) is 455 Å². The molecule has 15 aromatic carbocycles. The molecule has 0 unspecified atom stereocenters. The molecule has 0 amide bonds. The standard InChI is InChI=1S/C43H36Si2.2C25H22Si.CH4/c1-35-32-42(44(36-20-8-2-9-21-36,37-22-10-3-11-23-37)38-24-12-4-13-25-38)34-43(33-35)45(39-26-14-5-15-27-39,40-28-16-6-17-29-40)41-30-18-7-19-31-41;1-21-12-11-19-25(20-21)26(22-13-5-2-6-14-22,23-15-7-3-8-16-23)24-17-9-4-10-18-24;1-21-17-19-25(20-18-21)26(22-11-5-2-6-12-22,23-13-7-3-8-14-23)24-15-9-4-10-16-24;/h2-34H,1H3;2*2-20H,1H3;1H4. The zero-order valence-corrected chi connectivity index (χ0v) is 59.5. The van der Waals surface area contributed by atoms with Crippen molar-refractivity contribution >= 4 is 115 Å². The van der Waals surface area contributed by atoms with E-state index in [1.54, 1.807) is 0 Å². The summed E-state index contributed by atoms with van der Waals surface area (Å²) in [4.78, 5) is 0. The lowest BCUT2D eigenvalue weighted by atomic mass is 10.2. The minimum Gasteiger partial charge on any atom is -0.0776 e. The van der Waals surface area contributed by atoms with Crippen LogP contribution in [0.2, 0.25) is 0 Å². The van der Waals surface area contributed by atoms with Crippen molar-refractivity contribution in [3.63, 3.8) is 0 Å². The molecule has 0 heterocycles. The lowest BCUT2D eigenvalue weighted by Gasteiger charge is -2.38. The Hall–Kier alpha value is -10.8. The van der Waals surface area contributed by atoms with E-state index in [9.17, 15) is 0 Å². The first-order valence-corrected chi connectivity index (χ1v) is 41.8. The van der Waals surface area contributed by atoms with Gasteiger partial charge in [0.15, 0.2) is 32.3 Å². The van der Waals surface area contributed by atoms with E-state index in [-0.39, 0.29) is 7.43 Å². The molecule has 0 aromatic heterocycles. The van der Waals surface area contributed by atoms with Gasteiger partial charge < -0.3 is 0 Å². The van der Waals surface area contributed by atoms with Gasteiger partial charge in [-0.05, 0) is 104 Å². The molecule has 0 N–H and O–H groups in total. The predicted molar refractivity (Wildman–Crippen MR) is 435 cm³/mol. The van der Waals surface area contributed by atoms with Crippen LogP contribution in [0.4, 0.5) is 0 Å². The smallest absolute Gasteiger partial charge is 0.0776 e. The number of hydrogen-bond acceptors (Lipinski definition) is 0. The average molecular weight is 1330 g/mol. The Balaban J connectivity index is 0.000000148. The molecule has 0 fully saturated rings. The first kappa shape index (κ1) is 67.2. The van der Waals surface area contributed by atoms with Gasteiger partial charge in [0.2, 0.25) is 0 Å². The second kappa shape index (κ2) is 31.4. The maximum Gasteiger partial charge on any atom is 0.179 e. The molecule has 0 aliphatic rings. The lowest BCUT2D eigenvalue weighted by Crippen LogP contribution is -2.78. The van der Waals surface area contributed by atoms with Crippen molar-refractivity contribution in [1.82, 2.24) is 0 Å². The summed E-state index contributed by atoms with van der Waals surface area (Å²) in [6.45, 7) is 6.62. The third-order valence-electron chi connectivity index (χ3n) is 19.4. The average Bonchev–Trinajstić information content (AvgIpc) is 0.726. The van der Waals surface area contributed by atoms with Gasteiger partial charge in [-0.3, -0.25) is 0 Å². The van der Waals surface area contributed by atoms with Crippen molar-refractivity contribution in [3.8, 4) is 0 Å². The molecule has 0 aliphatic heterocycles. The summed E-state index contributed by atoms with van der Waals surface area (Å²) in [6, 6.07) is 159. The van der Waals surface area contributed by atoms with E-state index >= 15 is 0 Å². The van der Waals surface area contributed by atoms with Crippen molar-refractivity contribution < 1.29 is 0 Å². The maximum absolute atomic E-state index is 2.72. The molecule has 0 spiro atoms. The lowest BCUT2D eigenvalue weighted by molar-refractivity contribution is 1.49. The summed E-state index contributed by atoms with van der Waals surface area (Å²) >= 11 is 0. The third kappa shape index (κ3) is 13.3. The van der Waals surface area contributed by atoms with E-state index in [0.29, 0.717) is 0 Å². The first-order valence-electron chi connectivity index (χ1n) is 33.8. The van der Waals surface area contributed by atoms with E-state index in [1.807, 2.05) is 0 Å². The Morgan fingerprint density at radius 1 is 0.122 bits per heavy atom. The summed E-state index contributed by atoms with van der Waals surface area (Å²) in [5.74, 6) is 0. The highest BCUT2D eigenvalue weighted by Gasteiger charge is 2.47. The summed E-state index contributed by atoms with van der Waals surface area (Å²) in [7, 11) is -10.1. The van der Waals surface area contributed by atoms with Crippen LogP contribution in [0.25, 0.3) is 0 Å². The van der Waals surface area contributed by atoms with Crippen molar-refractivity contribution in [2.24, 2.45) is 0 Å². The molecule has 15 rings (SSSR count). The van der Waals surface area contributed by atoms with Crippen molar-refractivity contribution in [2.45, 2.75) is 28.2 Å². The van der Waals surface area contributed by atoms with Gasteiger partial charge in [0.05, 0.1) is 0 Å². The summed E-state index contributed by atoms with van der Waals surface area (Å²) in [5, 5.41) is 22.6. The van der Waals surface area contributed by atoms with Gasteiger partial charge in [-0.2, -0.15) is 0 Å². The molecule has 0 saturated carbocycles. The fraction of sp³-hybridized carbons (Fsp3) is 0.0426. The van der Waals surface area contributed by atoms with Gasteiger partial charge in [0, 0.05) is 0 Å². The summed E-state index contributed by atoms with van der Waals surface area (Å²) in [6.07, 6.45) is 0. The van der Waals surface area contributed by atoms with E-state index in [4.69, 9.17) is 0 Å². The summed E-state index contributed by atoms with van der Waals surface area (Å²) in [5.41, 5.74) is 3.90.